The molecule has 0 radical (unpaired) electrons. The van der Waals surface area contributed by atoms with E-state index in [9.17, 15) is 9.59 Å². The number of pyridine rings is 1. The Balaban J connectivity index is 2.65. The highest BCUT2D eigenvalue weighted by molar-refractivity contribution is 9.10. The number of likely N-dealkylation sites (N-methyl/N-ethyl adjacent to an activating group) is 1. The number of carbonyl (C=O) groups is 2. The van der Waals surface area contributed by atoms with Gasteiger partial charge in [0.2, 0.25) is 5.91 Å². The van der Waals surface area contributed by atoms with E-state index in [-0.39, 0.29) is 23.2 Å². The van der Waals surface area contributed by atoms with Crippen LogP contribution in [-0.4, -0.2) is 41.3 Å². The number of rotatable bonds is 5. The maximum Gasteiger partial charge on any atom is 0.254 e. The molecule has 2 amide bonds. The van der Waals surface area contributed by atoms with Crippen LogP contribution in [0, 0.1) is 0 Å². The molecule has 0 aliphatic rings. The summed E-state index contributed by atoms with van der Waals surface area (Å²) in [7, 11) is 0. The van der Waals surface area contributed by atoms with Crippen LogP contribution in [0.15, 0.2) is 16.7 Å². The molecule has 1 N–H and O–H groups in total. The lowest BCUT2D eigenvalue weighted by molar-refractivity contribution is -0.129. The fourth-order valence-electron chi connectivity index (χ4n) is 1.52. The van der Waals surface area contributed by atoms with Gasteiger partial charge in [0, 0.05) is 23.8 Å². The van der Waals surface area contributed by atoms with Crippen LogP contribution < -0.4 is 5.32 Å². The first kappa shape index (κ1) is 15.9. The van der Waals surface area contributed by atoms with Gasteiger partial charge in [-0.25, -0.2) is 4.98 Å². The van der Waals surface area contributed by atoms with E-state index in [2.05, 4.69) is 26.2 Å². The van der Waals surface area contributed by atoms with E-state index in [1.54, 1.807) is 11.0 Å². The first-order chi connectivity index (χ1) is 8.99. The Morgan fingerprint density at radius 3 is 2.63 bits per heavy atom. The van der Waals surface area contributed by atoms with Crippen LogP contribution in [-0.2, 0) is 4.79 Å². The predicted molar refractivity (Wildman–Crippen MR) is 77.2 cm³/mol. The van der Waals surface area contributed by atoms with E-state index < -0.39 is 5.91 Å². The molecule has 0 fully saturated rings. The zero-order chi connectivity index (χ0) is 14.4. The zero-order valence-electron chi connectivity index (χ0n) is 10.7. The summed E-state index contributed by atoms with van der Waals surface area (Å²) in [5.74, 6) is -0.545. The van der Waals surface area contributed by atoms with Gasteiger partial charge in [0.05, 0.1) is 12.1 Å². The number of hydrogen-bond acceptors (Lipinski definition) is 3. The molecule has 0 saturated carbocycles. The third-order valence-corrected chi connectivity index (χ3v) is 3.30. The van der Waals surface area contributed by atoms with Gasteiger partial charge in [0.25, 0.3) is 5.91 Å². The Morgan fingerprint density at radius 2 is 2.05 bits per heavy atom. The minimum atomic E-state index is -0.417. The molecule has 1 aromatic heterocycles. The lowest BCUT2D eigenvalue weighted by Gasteiger charge is -2.18. The fraction of sp³-hybridized carbons (Fsp3) is 0.417. The SMILES string of the molecule is CCN(CC)C(=O)CNC(=O)c1cc(Br)cnc1Cl. The first-order valence-corrected chi connectivity index (χ1v) is 7.03. The van der Waals surface area contributed by atoms with Crippen LogP contribution in [0.2, 0.25) is 5.15 Å². The third-order valence-electron chi connectivity index (χ3n) is 2.57. The zero-order valence-corrected chi connectivity index (χ0v) is 13.1. The molecular formula is C12H15BrClN3O2. The maximum absolute atomic E-state index is 11.9. The van der Waals surface area contributed by atoms with Crippen molar-refractivity contribution < 1.29 is 9.59 Å². The number of carbonyl (C=O) groups excluding carboxylic acids is 2. The van der Waals surface area contributed by atoms with Crippen molar-refractivity contribution in [2.45, 2.75) is 13.8 Å². The van der Waals surface area contributed by atoms with Crippen molar-refractivity contribution in [3.05, 3.63) is 27.5 Å². The smallest absolute Gasteiger partial charge is 0.254 e. The topological polar surface area (TPSA) is 62.3 Å². The van der Waals surface area contributed by atoms with Gasteiger partial charge in [-0.1, -0.05) is 11.6 Å². The number of nitrogens with one attached hydrogen (secondary N) is 1. The predicted octanol–water partition coefficient (Wildman–Crippen LogP) is 2.10. The Kier molecular flexibility index (Phi) is 6.24. The molecule has 0 aliphatic carbocycles. The lowest BCUT2D eigenvalue weighted by Crippen LogP contribution is -2.40. The summed E-state index contributed by atoms with van der Waals surface area (Å²) in [5, 5.41) is 2.65. The van der Waals surface area contributed by atoms with Crippen molar-refractivity contribution in [3.63, 3.8) is 0 Å². The number of halogens is 2. The largest absolute Gasteiger partial charge is 0.343 e. The average molecular weight is 349 g/mol. The van der Waals surface area contributed by atoms with Crippen LogP contribution >= 0.6 is 27.5 Å². The van der Waals surface area contributed by atoms with Crippen LogP contribution in [0.25, 0.3) is 0 Å². The van der Waals surface area contributed by atoms with Gasteiger partial charge in [-0.15, -0.1) is 0 Å². The molecule has 0 aliphatic heterocycles. The van der Waals surface area contributed by atoms with Gasteiger partial charge in [0.15, 0.2) is 0 Å². The summed E-state index contributed by atoms with van der Waals surface area (Å²) in [6.45, 7) is 4.95. The van der Waals surface area contributed by atoms with Gasteiger partial charge in [0.1, 0.15) is 5.15 Å². The van der Waals surface area contributed by atoms with Gasteiger partial charge < -0.3 is 10.2 Å². The molecular weight excluding hydrogens is 334 g/mol. The van der Waals surface area contributed by atoms with Crippen LogP contribution in [0.3, 0.4) is 0 Å². The fourth-order valence-corrected chi connectivity index (χ4v) is 2.04. The second-order valence-electron chi connectivity index (χ2n) is 3.74. The minimum absolute atomic E-state index is 0.0522. The number of amides is 2. The minimum Gasteiger partial charge on any atom is -0.343 e. The van der Waals surface area contributed by atoms with Gasteiger partial charge in [-0.2, -0.15) is 0 Å². The highest BCUT2D eigenvalue weighted by Crippen LogP contribution is 2.17. The van der Waals surface area contributed by atoms with Crippen molar-refractivity contribution in [1.29, 1.82) is 0 Å². The standard InChI is InChI=1S/C12H15BrClN3O2/c1-3-17(4-2)10(18)7-16-12(19)9-5-8(13)6-15-11(9)14/h5-6H,3-4,7H2,1-2H3,(H,16,19). The van der Waals surface area contributed by atoms with Crippen molar-refractivity contribution in [3.8, 4) is 0 Å². The second kappa shape index (κ2) is 7.45. The van der Waals surface area contributed by atoms with Crippen molar-refractivity contribution in [1.82, 2.24) is 15.2 Å². The molecule has 0 atom stereocenters. The average Bonchev–Trinajstić information content (AvgIpc) is 2.40. The van der Waals surface area contributed by atoms with Crippen LogP contribution in [0.4, 0.5) is 0 Å². The maximum atomic E-state index is 11.9. The van der Waals surface area contributed by atoms with Gasteiger partial charge in [-0.05, 0) is 35.8 Å². The molecule has 5 nitrogen and oxygen atoms in total. The monoisotopic (exact) mass is 347 g/mol. The van der Waals surface area contributed by atoms with Gasteiger partial charge in [-0.3, -0.25) is 9.59 Å². The van der Waals surface area contributed by atoms with Crippen LogP contribution in [0.5, 0.6) is 0 Å². The van der Waals surface area contributed by atoms with E-state index in [0.29, 0.717) is 17.6 Å². The van der Waals surface area contributed by atoms with Crippen molar-refractivity contribution >= 4 is 39.3 Å². The van der Waals surface area contributed by atoms with Crippen LogP contribution in [0.1, 0.15) is 24.2 Å². The van der Waals surface area contributed by atoms with Crippen molar-refractivity contribution in [2.24, 2.45) is 0 Å². The molecule has 0 unspecified atom stereocenters. The normalized spacial score (nSPS) is 10.1. The highest BCUT2D eigenvalue weighted by Gasteiger charge is 2.15. The van der Waals surface area contributed by atoms with E-state index in [1.165, 1.54) is 6.20 Å². The Bertz CT molecular complexity index is 478. The summed E-state index contributed by atoms with van der Waals surface area (Å²) < 4.78 is 0.650. The highest BCUT2D eigenvalue weighted by atomic mass is 79.9. The lowest BCUT2D eigenvalue weighted by atomic mass is 10.2. The molecule has 0 spiro atoms. The second-order valence-corrected chi connectivity index (χ2v) is 5.01. The van der Waals surface area contributed by atoms with E-state index in [1.807, 2.05) is 13.8 Å². The van der Waals surface area contributed by atoms with E-state index in [4.69, 9.17) is 11.6 Å². The summed E-state index contributed by atoms with van der Waals surface area (Å²) in [6.07, 6.45) is 1.50. The van der Waals surface area contributed by atoms with Gasteiger partial charge >= 0.3 is 0 Å². The summed E-state index contributed by atoms with van der Waals surface area (Å²) >= 11 is 9.05. The number of nitrogens with zero attached hydrogens (tertiary/aromatic N) is 2. The van der Waals surface area contributed by atoms with E-state index in [0.717, 1.165) is 0 Å². The molecule has 1 aromatic rings. The Labute approximate surface area is 125 Å². The molecule has 0 saturated heterocycles. The molecule has 1 rings (SSSR count). The molecule has 0 aromatic carbocycles. The molecule has 7 heteroatoms. The Hall–Kier alpha value is -1.14. The molecule has 104 valence electrons. The van der Waals surface area contributed by atoms with Crippen molar-refractivity contribution in [2.75, 3.05) is 19.6 Å². The molecule has 1 heterocycles. The third kappa shape index (κ3) is 4.47. The quantitative estimate of drug-likeness (QED) is 0.829. The molecule has 19 heavy (non-hydrogen) atoms. The summed E-state index contributed by atoms with van der Waals surface area (Å²) in [4.78, 5) is 29.1. The first-order valence-electron chi connectivity index (χ1n) is 5.86. The summed E-state index contributed by atoms with van der Waals surface area (Å²) in [5.41, 5.74) is 0.239. The summed E-state index contributed by atoms with van der Waals surface area (Å²) in [6, 6.07) is 1.56. The Morgan fingerprint density at radius 1 is 1.42 bits per heavy atom. The number of hydrogen-bond donors (Lipinski definition) is 1. The van der Waals surface area contributed by atoms with E-state index >= 15 is 0 Å². The number of aromatic nitrogens is 1. The molecule has 0 bridgehead atoms.